The third-order valence-electron chi connectivity index (χ3n) is 3.19. The second-order valence-electron chi connectivity index (χ2n) is 5.14. The second-order valence-corrected chi connectivity index (χ2v) is 5.14. The average molecular weight is 328 g/mol. The highest BCUT2D eigenvalue weighted by atomic mass is 16.6. The number of para-hydroxylation sites is 1. The molecule has 0 aliphatic carbocycles. The van der Waals surface area contributed by atoms with Crippen LogP contribution >= 0.6 is 0 Å². The zero-order valence-corrected chi connectivity index (χ0v) is 13.0. The molecule has 7 heteroatoms. The summed E-state index contributed by atoms with van der Waals surface area (Å²) in [4.78, 5) is 33.9. The van der Waals surface area contributed by atoms with Crippen LogP contribution in [0.3, 0.4) is 0 Å². The summed E-state index contributed by atoms with van der Waals surface area (Å²) in [5.74, 6) is -1.18. The van der Waals surface area contributed by atoms with Crippen LogP contribution in [-0.4, -0.2) is 23.4 Å². The van der Waals surface area contributed by atoms with E-state index in [1.165, 1.54) is 18.2 Å². The summed E-state index contributed by atoms with van der Waals surface area (Å²) < 4.78 is 4.87. The van der Waals surface area contributed by atoms with Crippen molar-refractivity contribution in [2.24, 2.45) is 0 Å². The van der Waals surface area contributed by atoms with Crippen LogP contribution in [0, 0.1) is 17.0 Å². The molecule has 0 saturated heterocycles. The summed E-state index contributed by atoms with van der Waals surface area (Å²) in [6.07, 6.45) is -0.269. The third kappa shape index (κ3) is 4.91. The smallest absolute Gasteiger partial charge is 0.311 e. The maximum absolute atomic E-state index is 11.8. The van der Waals surface area contributed by atoms with Crippen molar-refractivity contribution in [3.63, 3.8) is 0 Å². The van der Waals surface area contributed by atoms with Gasteiger partial charge in [-0.25, -0.2) is 0 Å². The minimum absolute atomic E-state index is 0.154. The Kier molecular flexibility index (Phi) is 5.62. The molecule has 2 aromatic carbocycles. The molecule has 1 amide bonds. The van der Waals surface area contributed by atoms with Gasteiger partial charge in [0, 0.05) is 17.3 Å². The van der Waals surface area contributed by atoms with Gasteiger partial charge >= 0.3 is 5.97 Å². The number of rotatable bonds is 6. The van der Waals surface area contributed by atoms with Gasteiger partial charge < -0.3 is 10.1 Å². The van der Waals surface area contributed by atoms with Gasteiger partial charge in [-0.15, -0.1) is 0 Å². The number of amides is 1. The number of carbonyl (C=O) groups excluding carboxylic acids is 2. The molecule has 0 fully saturated rings. The molecular formula is C17H16N2O5. The van der Waals surface area contributed by atoms with E-state index in [0.717, 1.165) is 5.56 Å². The van der Waals surface area contributed by atoms with E-state index in [2.05, 4.69) is 5.32 Å². The van der Waals surface area contributed by atoms with E-state index < -0.39 is 23.4 Å². The molecule has 1 N–H and O–H groups in total. The van der Waals surface area contributed by atoms with E-state index in [9.17, 15) is 19.7 Å². The summed E-state index contributed by atoms with van der Waals surface area (Å²) in [7, 11) is 0. The number of nitrogens with zero attached hydrogens (tertiary/aromatic N) is 1. The molecule has 7 nitrogen and oxygen atoms in total. The summed E-state index contributed by atoms with van der Waals surface area (Å²) in [6.45, 7) is 1.44. The molecule has 0 aliphatic rings. The quantitative estimate of drug-likeness (QED) is 0.499. The van der Waals surface area contributed by atoms with Crippen molar-refractivity contribution in [3.8, 4) is 0 Å². The number of nitro groups is 1. The molecule has 0 radical (unpaired) electrons. The van der Waals surface area contributed by atoms with Gasteiger partial charge in [0.05, 0.1) is 11.3 Å². The maximum Gasteiger partial charge on any atom is 0.311 e. The number of esters is 1. The number of hydrogen-bond donors (Lipinski definition) is 1. The molecule has 0 atom stereocenters. The molecule has 24 heavy (non-hydrogen) atoms. The van der Waals surface area contributed by atoms with Crippen molar-refractivity contribution in [2.75, 3.05) is 11.9 Å². The first-order valence-corrected chi connectivity index (χ1v) is 7.20. The van der Waals surface area contributed by atoms with Gasteiger partial charge in [-0.1, -0.05) is 30.3 Å². The van der Waals surface area contributed by atoms with E-state index in [-0.39, 0.29) is 17.7 Å². The molecule has 0 aromatic heterocycles. The van der Waals surface area contributed by atoms with E-state index in [0.29, 0.717) is 5.69 Å². The van der Waals surface area contributed by atoms with E-state index in [4.69, 9.17) is 4.74 Å². The van der Waals surface area contributed by atoms with Crippen LogP contribution in [0.2, 0.25) is 0 Å². The Bertz CT molecular complexity index is 773. The Morgan fingerprint density at radius 2 is 1.92 bits per heavy atom. The van der Waals surface area contributed by atoms with Crippen LogP contribution in [0.5, 0.6) is 0 Å². The van der Waals surface area contributed by atoms with Crippen LogP contribution in [0.15, 0.2) is 48.5 Å². The molecule has 0 heterocycles. The molecule has 124 valence electrons. The topological polar surface area (TPSA) is 98.5 Å². The number of aryl methyl sites for hydroxylation is 1. The maximum atomic E-state index is 11.8. The molecule has 0 bridgehead atoms. The molecule has 0 unspecified atom stereocenters. The van der Waals surface area contributed by atoms with Gasteiger partial charge in [-0.05, 0) is 24.6 Å². The first-order chi connectivity index (χ1) is 11.5. The predicted octanol–water partition coefficient (Wildman–Crippen LogP) is 2.63. The van der Waals surface area contributed by atoms with E-state index in [1.807, 2.05) is 13.0 Å². The SMILES string of the molecule is Cc1cccc(NC(=O)COC(=O)Cc2ccccc2[N+](=O)[O-])c1. The Balaban J connectivity index is 1.87. The third-order valence-corrected chi connectivity index (χ3v) is 3.19. The lowest BCUT2D eigenvalue weighted by Gasteiger charge is -2.07. The molecule has 0 saturated carbocycles. The first kappa shape index (κ1) is 17.1. The minimum atomic E-state index is -0.705. The monoisotopic (exact) mass is 328 g/mol. The predicted molar refractivity (Wildman–Crippen MR) is 87.6 cm³/mol. The van der Waals surface area contributed by atoms with Crippen molar-refractivity contribution < 1.29 is 19.2 Å². The number of nitrogens with one attached hydrogen (secondary N) is 1. The number of benzene rings is 2. The largest absolute Gasteiger partial charge is 0.455 e. The van der Waals surface area contributed by atoms with Crippen molar-refractivity contribution >= 4 is 23.3 Å². The van der Waals surface area contributed by atoms with Crippen molar-refractivity contribution in [2.45, 2.75) is 13.3 Å². The number of nitro benzene ring substituents is 1. The lowest BCUT2D eigenvalue weighted by molar-refractivity contribution is -0.385. The van der Waals surface area contributed by atoms with Gasteiger partial charge in [0.2, 0.25) is 0 Å². The molecule has 0 aliphatic heterocycles. The Hall–Kier alpha value is -3.22. The van der Waals surface area contributed by atoms with E-state index >= 15 is 0 Å². The normalized spacial score (nSPS) is 10.0. The Morgan fingerprint density at radius 3 is 2.62 bits per heavy atom. The van der Waals surface area contributed by atoms with Gasteiger partial charge in [-0.2, -0.15) is 0 Å². The highest BCUT2D eigenvalue weighted by Gasteiger charge is 2.17. The van der Waals surface area contributed by atoms with Crippen molar-refractivity contribution in [3.05, 3.63) is 69.8 Å². The fourth-order valence-corrected chi connectivity index (χ4v) is 2.11. The van der Waals surface area contributed by atoms with Crippen LogP contribution in [0.1, 0.15) is 11.1 Å². The van der Waals surface area contributed by atoms with Crippen LogP contribution in [0.25, 0.3) is 0 Å². The zero-order chi connectivity index (χ0) is 17.5. The number of carbonyl (C=O) groups is 2. The second kappa shape index (κ2) is 7.87. The Labute approximate surface area is 138 Å². The Morgan fingerprint density at radius 1 is 1.17 bits per heavy atom. The summed E-state index contributed by atoms with van der Waals surface area (Å²) in [5.41, 5.74) is 1.68. The van der Waals surface area contributed by atoms with Crippen molar-refractivity contribution in [1.82, 2.24) is 0 Å². The highest BCUT2D eigenvalue weighted by molar-refractivity contribution is 5.93. The standard InChI is InChI=1S/C17H16N2O5/c1-12-5-4-7-14(9-12)18-16(20)11-24-17(21)10-13-6-2-3-8-15(13)19(22)23/h2-9H,10-11H2,1H3,(H,18,20). The minimum Gasteiger partial charge on any atom is -0.455 e. The molecule has 2 rings (SSSR count). The van der Waals surface area contributed by atoms with Crippen LogP contribution in [-0.2, 0) is 20.7 Å². The van der Waals surface area contributed by atoms with Gasteiger partial charge in [0.25, 0.3) is 11.6 Å². The van der Waals surface area contributed by atoms with Crippen molar-refractivity contribution in [1.29, 1.82) is 0 Å². The summed E-state index contributed by atoms with van der Waals surface area (Å²) >= 11 is 0. The van der Waals surface area contributed by atoms with Crippen LogP contribution < -0.4 is 5.32 Å². The number of anilines is 1. The van der Waals surface area contributed by atoms with Gasteiger partial charge in [0.15, 0.2) is 6.61 Å². The highest BCUT2D eigenvalue weighted by Crippen LogP contribution is 2.18. The fourth-order valence-electron chi connectivity index (χ4n) is 2.11. The van der Waals surface area contributed by atoms with Gasteiger partial charge in [-0.3, -0.25) is 19.7 Å². The first-order valence-electron chi connectivity index (χ1n) is 7.20. The average Bonchev–Trinajstić information content (AvgIpc) is 2.53. The fraction of sp³-hybridized carbons (Fsp3) is 0.176. The lowest BCUT2D eigenvalue weighted by atomic mass is 10.1. The number of ether oxygens (including phenoxy) is 1. The summed E-state index contributed by atoms with van der Waals surface area (Å²) in [6, 6.07) is 13.1. The molecule has 0 spiro atoms. The van der Waals surface area contributed by atoms with E-state index in [1.54, 1.807) is 24.3 Å². The molecular weight excluding hydrogens is 312 g/mol. The van der Waals surface area contributed by atoms with Crippen LogP contribution in [0.4, 0.5) is 11.4 Å². The number of hydrogen-bond acceptors (Lipinski definition) is 5. The zero-order valence-electron chi connectivity index (χ0n) is 13.0. The lowest BCUT2D eigenvalue weighted by Crippen LogP contribution is -2.21. The summed E-state index contributed by atoms with van der Waals surface area (Å²) in [5, 5.41) is 13.5. The van der Waals surface area contributed by atoms with Gasteiger partial charge in [0.1, 0.15) is 0 Å². The molecule has 2 aromatic rings.